The van der Waals surface area contributed by atoms with E-state index in [4.69, 9.17) is 5.11 Å². The minimum atomic E-state index is -0.527. The van der Waals surface area contributed by atoms with E-state index in [0.29, 0.717) is 17.4 Å². The molecule has 0 fully saturated rings. The summed E-state index contributed by atoms with van der Waals surface area (Å²) < 4.78 is 15.4. The summed E-state index contributed by atoms with van der Waals surface area (Å²) in [5.74, 6) is -0.527. The molecule has 1 heterocycles. The lowest BCUT2D eigenvalue weighted by Crippen LogP contribution is -2.21. The van der Waals surface area contributed by atoms with Gasteiger partial charge < -0.3 is 5.11 Å². The van der Waals surface area contributed by atoms with Crippen LogP contribution in [-0.4, -0.2) is 21.3 Å². The van der Waals surface area contributed by atoms with Gasteiger partial charge in [0.2, 0.25) is 0 Å². The summed E-state index contributed by atoms with van der Waals surface area (Å²) in [7, 11) is 0. The largest absolute Gasteiger partial charge is 0.396 e. The number of benzene rings is 1. The summed E-state index contributed by atoms with van der Waals surface area (Å²) in [4.78, 5) is 15.9. The van der Waals surface area contributed by atoms with Crippen LogP contribution in [0.3, 0.4) is 0 Å². The Bertz CT molecular complexity index is 612. The first-order valence-electron chi connectivity index (χ1n) is 5.08. The number of rotatable bonds is 3. The average Bonchev–Trinajstić information content (AvgIpc) is 2.29. The Hall–Kier alpha value is -1.27. The molecule has 4 nitrogen and oxygen atoms in total. The Morgan fingerprint density at radius 2 is 2.24 bits per heavy atom. The van der Waals surface area contributed by atoms with Gasteiger partial charge in [-0.1, -0.05) is 15.9 Å². The Morgan fingerprint density at radius 3 is 2.94 bits per heavy atom. The molecule has 6 heteroatoms. The van der Waals surface area contributed by atoms with E-state index in [1.54, 1.807) is 6.07 Å². The first-order chi connectivity index (χ1) is 8.13. The van der Waals surface area contributed by atoms with Crippen LogP contribution in [0.5, 0.6) is 0 Å². The minimum absolute atomic E-state index is 0.00266. The molecular weight excluding hydrogens is 291 g/mol. The van der Waals surface area contributed by atoms with Crippen molar-refractivity contribution in [3.8, 4) is 0 Å². The highest BCUT2D eigenvalue weighted by Gasteiger charge is 2.09. The first kappa shape index (κ1) is 12.2. The zero-order valence-electron chi connectivity index (χ0n) is 8.86. The number of hydrogen-bond acceptors (Lipinski definition) is 3. The fraction of sp³-hybridized carbons (Fsp3) is 0.273. The zero-order chi connectivity index (χ0) is 12.4. The number of aryl methyl sites for hydroxylation is 1. The lowest BCUT2D eigenvalue weighted by molar-refractivity contribution is 0.279. The molecule has 1 N–H and O–H groups in total. The van der Waals surface area contributed by atoms with Gasteiger partial charge in [-0.05, 0) is 18.6 Å². The van der Waals surface area contributed by atoms with Crippen LogP contribution < -0.4 is 5.56 Å². The van der Waals surface area contributed by atoms with Gasteiger partial charge in [-0.25, -0.2) is 9.37 Å². The molecule has 0 aliphatic heterocycles. The molecule has 0 radical (unpaired) electrons. The van der Waals surface area contributed by atoms with E-state index in [2.05, 4.69) is 20.9 Å². The Morgan fingerprint density at radius 1 is 1.47 bits per heavy atom. The van der Waals surface area contributed by atoms with Crippen molar-refractivity contribution in [2.75, 3.05) is 6.61 Å². The van der Waals surface area contributed by atoms with Crippen LogP contribution >= 0.6 is 15.9 Å². The van der Waals surface area contributed by atoms with Crippen molar-refractivity contribution in [2.24, 2.45) is 0 Å². The predicted octanol–water partition coefficient (Wildman–Crippen LogP) is 1.68. The third kappa shape index (κ3) is 2.37. The number of nitrogens with zero attached hydrogens (tertiary/aromatic N) is 2. The molecule has 1 aromatic heterocycles. The fourth-order valence-corrected chi connectivity index (χ4v) is 2.03. The third-order valence-electron chi connectivity index (χ3n) is 2.40. The highest BCUT2D eigenvalue weighted by atomic mass is 79.9. The molecule has 2 aromatic rings. The van der Waals surface area contributed by atoms with E-state index in [-0.39, 0.29) is 23.1 Å². The number of fused-ring (bicyclic) bond motifs is 1. The molecule has 0 amide bonds. The van der Waals surface area contributed by atoms with Crippen LogP contribution in [0.25, 0.3) is 10.9 Å². The smallest absolute Gasteiger partial charge is 0.261 e. The van der Waals surface area contributed by atoms with E-state index in [0.717, 1.165) is 0 Å². The third-order valence-corrected chi connectivity index (χ3v) is 2.86. The number of aromatic nitrogens is 2. The molecule has 0 atom stereocenters. The number of hydrogen-bond donors (Lipinski definition) is 1. The summed E-state index contributed by atoms with van der Waals surface area (Å²) in [6, 6.07) is 2.82. The Kier molecular flexibility index (Phi) is 3.54. The van der Waals surface area contributed by atoms with Crippen LogP contribution in [0.4, 0.5) is 4.39 Å². The number of aliphatic hydroxyl groups is 1. The van der Waals surface area contributed by atoms with Crippen molar-refractivity contribution in [3.63, 3.8) is 0 Å². The van der Waals surface area contributed by atoms with E-state index in [1.807, 2.05) is 0 Å². The molecule has 2 rings (SSSR count). The highest BCUT2D eigenvalue weighted by Crippen LogP contribution is 2.18. The molecule has 1 aromatic carbocycles. The molecule has 0 aliphatic carbocycles. The first-order valence-corrected chi connectivity index (χ1v) is 5.88. The molecule has 0 saturated carbocycles. The van der Waals surface area contributed by atoms with E-state index >= 15 is 0 Å². The van der Waals surface area contributed by atoms with Gasteiger partial charge in [-0.15, -0.1) is 0 Å². The second kappa shape index (κ2) is 4.93. The van der Waals surface area contributed by atoms with Crippen molar-refractivity contribution in [1.29, 1.82) is 0 Å². The van der Waals surface area contributed by atoms with Crippen molar-refractivity contribution in [1.82, 2.24) is 9.55 Å². The molecule has 0 spiro atoms. The highest BCUT2D eigenvalue weighted by molar-refractivity contribution is 9.10. The summed E-state index contributed by atoms with van der Waals surface area (Å²) in [6.07, 6.45) is 1.76. The van der Waals surface area contributed by atoms with Gasteiger partial charge in [-0.2, -0.15) is 0 Å². The standard InChI is InChI=1S/C11H10BrFN2O2/c12-7-4-8-10(9(13)5-7)14-6-15(11(8)17)2-1-3-16/h4-6,16H,1-3H2. The summed E-state index contributed by atoms with van der Waals surface area (Å²) in [5.41, 5.74) is -0.234. The quantitative estimate of drug-likeness (QED) is 0.938. The summed E-state index contributed by atoms with van der Waals surface area (Å²) >= 11 is 3.14. The molecule has 17 heavy (non-hydrogen) atoms. The van der Waals surface area contributed by atoms with Gasteiger partial charge in [0.25, 0.3) is 5.56 Å². The average molecular weight is 301 g/mol. The maximum atomic E-state index is 13.5. The Balaban J connectivity index is 2.62. The van der Waals surface area contributed by atoms with Crippen molar-refractivity contribution in [3.05, 3.63) is 39.1 Å². The number of halogens is 2. The summed E-state index contributed by atoms with van der Waals surface area (Å²) in [5, 5.41) is 8.95. The number of aliphatic hydroxyl groups excluding tert-OH is 1. The SMILES string of the molecule is O=c1c2cc(Br)cc(F)c2ncn1CCCO. The maximum absolute atomic E-state index is 13.5. The normalized spacial score (nSPS) is 11.0. The topological polar surface area (TPSA) is 55.1 Å². The van der Waals surface area contributed by atoms with E-state index in [1.165, 1.54) is 17.0 Å². The van der Waals surface area contributed by atoms with Crippen LogP contribution in [-0.2, 0) is 6.54 Å². The summed E-state index contributed by atoms with van der Waals surface area (Å²) in [6.45, 7) is 0.365. The van der Waals surface area contributed by atoms with Gasteiger partial charge in [0, 0.05) is 17.6 Å². The van der Waals surface area contributed by atoms with Crippen molar-refractivity contribution < 1.29 is 9.50 Å². The zero-order valence-corrected chi connectivity index (χ0v) is 10.4. The molecule has 90 valence electrons. The van der Waals surface area contributed by atoms with Crippen LogP contribution in [0.15, 0.2) is 27.7 Å². The van der Waals surface area contributed by atoms with E-state index in [9.17, 15) is 9.18 Å². The maximum Gasteiger partial charge on any atom is 0.261 e. The van der Waals surface area contributed by atoms with Crippen LogP contribution in [0, 0.1) is 5.82 Å². The van der Waals surface area contributed by atoms with Crippen molar-refractivity contribution >= 4 is 26.8 Å². The van der Waals surface area contributed by atoms with Gasteiger partial charge in [-0.3, -0.25) is 9.36 Å². The van der Waals surface area contributed by atoms with E-state index < -0.39 is 5.82 Å². The Labute approximate surface area is 105 Å². The van der Waals surface area contributed by atoms with Crippen LogP contribution in [0.1, 0.15) is 6.42 Å². The lowest BCUT2D eigenvalue weighted by atomic mass is 10.2. The molecule has 0 aliphatic rings. The minimum Gasteiger partial charge on any atom is -0.396 e. The molecule has 0 unspecified atom stereocenters. The fourth-order valence-electron chi connectivity index (χ4n) is 1.60. The van der Waals surface area contributed by atoms with Gasteiger partial charge >= 0.3 is 0 Å². The molecule has 0 bridgehead atoms. The second-order valence-corrected chi connectivity index (χ2v) is 4.52. The molecule has 0 saturated heterocycles. The second-order valence-electron chi connectivity index (χ2n) is 3.60. The van der Waals surface area contributed by atoms with Crippen molar-refractivity contribution in [2.45, 2.75) is 13.0 Å². The molecular formula is C11H10BrFN2O2. The van der Waals surface area contributed by atoms with Crippen LogP contribution in [0.2, 0.25) is 0 Å². The predicted molar refractivity (Wildman–Crippen MR) is 65.4 cm³/mol. The van der Waals surface area contributed by atoms with Gasteiger partial charge in [0.1, 0.15) is 5.52 Å². The van der Waals surface area contributed by atoms with Gasteiger partial charge in [0.05, 0.1) is 11.7 Å². The van der Waals surface area contributed by atoms with Gasteiger partial charge in [0.15, 0.2) is 5.82 Å². The monoisotopic (exact) mass is 300 g/mol. The lowest BCUT2D eigenvalue weighted by Gasteiger charge is -2.06.